The van der Waals surface area contributed by atoms with Crippen LogP contribution in [0.1, 0.15) is 25.7 Å². The van der Waals surface area contributed by atoms with Gasteiger partial charge in [0.05, 0.1) is 24.8 Å². The van der Waals surface area contributed by atoms with Gasteiger partial charge in [-0.25, -0.2) is 4.98 Å². The number of morpholine rings is 1. The largest absolute Gasteiger partial charge is 0.488 e. The molecule has 0 unspecified atom stereocenters. The first kappa shape index (κ1) is 20.2. The zero-order valence-corrected chi connectivity index (χ0v) is 18.0. The van der Waals surface area contributed by atoms with Gasteiger partial charge in [-0.2, -0.15) is 0 Å². The third kappa shape index (κ3) is 4.80. The van der Waals surface area contributed by atoms with Gasteiger partial charge >= 0.3 is 0 Å². The van der Waals surface area contributed by atoms with E-state index in [1.807, 2.05) is 6.07 Å². The summed E-state index contributed by atoms with van der Waals surface area (Å²) in [5.41, 5.74) is 2.79. The first-order valence-corrected chi connectivity index (χ1v) is 11.1. The van der Waals surface area contributed by atoms with Crippen molar-refractivity contribution in [3.05, 3.63) is 41.8 Å². The van der Waals surface area contributed by atoms with Gasteiger partial charge < -0.3 is 19.7 Å². The normalized spacial score (nSPS) is 21.8. The third-order valence-electron chi connectivity index (χ3n) is 5.85. The van der Waals surface area contributed by atoms with Gasteiger partial charge in [-0.1, -0.05) is 11.6 Å². The molecule has 0 bridgehead atoms. The zero-order chi connectivity index (χ0) is 21.0. The summed E-state index contributed by atoms with van der Waals surface area (Å²) < 4.78 is 12.0. The summed E-state index contributed by atoms with van der Waals surface area (Å²) in [5.74, 6) is 1.57. The minimum Gasteiger partial charge on any atom is -0.488 e. The molecule has 31 heavy (non-hydrogen) atoms. The van der Waals surface area contributed by atoms with E-state index in [0.29, 0.717) is 11.2 Å². The van der Waals surface area contributed by atoms with E-state index in [-0.39, 0.29) is 6.10 Å². The summed E-state index contributed by atoms with van der Waals surface area (Å²) in [6.45, 7) is 3.22. The fraction of sp³-hybridized carbons (Fsp3) is 0.455. The van der Waals surface area contributed by atoms with Crippen molar-refractivity contribution in [2.45, 2.75) is 37.8 Å². The topological polar surface area (TPSA) is 85.3 Å². The Balaban J connectivity index is 1.27. The van der Waals surface area contributed by atoms with Crippen LogP contribution in [0.5, 0.6) is 5.75 Å². The molecule has 8 nitrogen and oxygen atoms in total. The van der Waals surface area contributed by atoms with Crippen molar-refractivity contribution in [1.29, 1.82) is 0 Å². The minimum absolute atomic E-state index is 0.152. The fourth-order valence-corrected chi connectivity index (χ4v) is 4.33. The van der Waals surface area contributed by atoms with Crippen LogP contribution in [-0.4, -0.2) is 58.6 Å². The van der Waals surface area contributed by atoms with Crippen molar-refractivity contribution in [2.75, 3.05) is 36.5 Å². The molecule has 1 saturated heterocycles. The molecule has 0 radical (unpaired) electrons. The van der Waals surface area contributed by atoms with Gasteiger partial charge in [0.25, 0.3) is 0 Å². The molecule has 1 aliphatic heterocycles. The summed E-state index contributed by atoms with van der Waals surface area (Å²) in [6, 6.07) is 8.16. The summed E-state index contributed by atoms with van der Waals surface area (Å²) >= 11 is 5.82. The number of fused-ring (bicyclic) bond motifs is 1. The highest BCUT2D eigenvalue weighted by Crippen LogP contribution is 2.33. The number of benzene rings is 1. The first-order valence-electron chi connectivity index (χ1n) is 10.7. The SMILES string of the molecule is Clc1ccc(N[C@H]2CC[C@@H](Oc3cc(N4CCOCC4)cc4nccnc34)CC2)nn1. The van der Waals surface area contributed by atoms with Gasteiger partial charge in [0.1, 0.15) is 17.1 Å². The van der Waals surface area contributed by atoms with Crippen LogP contribution in [0.3, 0.4) is 0 Å². The fourth-order valence-electron chi connectivity index (χ4n) is 4.23. The van der Waals surface area contributed by atoms with E-state index >= 15 is 0 Å². The molecule has 0 amide bonds. The maximum atomic E-state index is 6.48. The standard InChI is InChI=1S/C22H25ClN6O2/c23-20-5-6-21(28-27-20)26-15-1-3-17(4-2-15)31-19-14-16(29-9-11-30-12-10-29)13-18-22(19)25-8-7-24-18/h5-8,13-15,17H,1-4,9-12H2,(H,26,28)/t15-,17+. The molecule has 1 aromatic carbocycles. The molecule has 9 heteroatoms. The molecule has 1 saturated carbocycles. The Morgan fingerprint density at radius 3 is 2.58 bits per heavy atom. The smallest absolute Gasteiger partial charge is 0.151 e. The molecule has 0 atom stereocenters. The molecule has 2 fully saturated rings. The highest BCUT2D eigenvalue weighted by molar-refractivity contribution is 6.29. The van der Waals surface area contributed by atoms with E-state index in [9.17, 15) is 0 Å². The summed E-state index contributed by atoms with van der Waals surface area (Å²) in [7, 11) is 0. The number of rotatable bonds is 5. The van der Waals surface area contributed by atoms with Crippen LogP contribution in [0, 0.1) is 0 Å². The Hall–Kier alpha value is -2.71. The number of nitrogens with zero attached hydrogens (tertiary/aromatic N) is 5. The second-order valence-corrected chi connectivity index (χ2v) is 8.33. The lowest BCUT2D eigenvalue weighted by Crippen LogP contribution is -2.36. The Labute approximate surface area is 185 Å². The zero-order valence-electron chi connectivity index (χ0n) is 17.2. The second-order valence-electron chi connectivity index (χ2n) is 7.94. The maximum absolute atomic E-state index is 6.48. The number of hydrogen-bond acceptors (Lipinski definition) is 8. The highest BCUT2D eigenvalue weighted by atomic mass is 35.5. The van der Waals surface area contributed by atoms with Crippen molar-refractivity contribution in [1.82, 2.24) is 20.2 Å². The van der Waals surface area contributed by atoms with Crippen LogP contribution in [0.4, 0.5) is 11.5 Å². The molecule has 2 aromatic heterocycles. The van der Waals surface area contributed by atoms with Crippen molar-refractivity contribution < 1.29 is 9.47 Å². The van der Waals surface area contributed by atoms with Crippen molar-refractivity contribution in [2.24, 2.45) is 0 Å². The summed E-state index contributed by atoms with van der Waals surface area (Å²) in [5, 5.41) is 11.8. The predicted octanol–water partition coefficient (Wildman–Crippen LogP) is 3.71. The van der Waals surface area contributed by atoms with Crippen LogP contribution in [0.15, 0.2) is 36.7 Å². The Kier molecular flexibility index (Phi) is 5.99. The average Bonchev–Trinajstić information content (AvgIpc) is 2.82. The first-order chi connectivity index (χ1) is 15.2. The van der Waals surface area contributed by atoms with Crippen LogP contribution >= 0.6 is 11.6 Å². The summed E-state index contributed by atoms with van der Waals surface area (Å²) in [4.78, 5) is 11.4. The quantitative estimate of drug-likeness (QED) is 0.642. The van der Waals surface area contributed by atoms with E-state index in [1.54, 1.807) is 18.5 Å². The van der Waals surface area contributed by atoms with Crippen molar-refractivity contribution in [3.8, 4) is 5.75 Å². The Morgan fingerprint density at radius 1 is 1.00 bits per heavy atom. The molecule has 5 rings (SSSR count). The predicted molar refractivity (Wildman–Crippen MR) is 120 cm³/mol. The van der Waals surface area contributed by atoms with Gasteiger partial charge in [0.2, 0.25) is 0 Å². The number of hydrogen-bond donors (Lipinski definition) is 1. The third-order valence-corrected chi connectivity index (χ3v) is 6.05. The molecular formula is C22H25ClN6O2. The van der Waals surface area contributed by atoms with Gasteiger partial charge in [0.15, 0.2) is 5.15 Å². The summed E-state index contributed by atoms with van der Waals surface area (Å²) in [6.07, 6.45) is 7.52. The molecular weight excluding hydrogens is 416 g/mol. The lowest BCUT2D eigenvalue weighted by Gasteiger charge is -2.31. The van der Waals surface area contributed by atoms with Gasteiger partial charge in [-0.3, -0.25) is 4.98 Å². The second kappa shape index (κ2) is 9.20. The van der Waals surface area contributed by atoms with Crippen LogP contribution < -0.4 is 15.0 Å². The minimum atomic E-state index is 0.152. The van der Waals surface area contributed by atoms with Gasteiger partial charge in [0, 0.05) is 43.3 Å². The molecule has 3 aromatic rings. The molecule has 3 heterocycles. The van der Waals surface area contributed by atoms with E-state index in [4.69, 9.17) is 21.1 Å². The van der Waals surface area contributed by atoms with Crippen molar-refractivity contribution in [3.63, 3.8) is 0 Å². The number of halogens is 1. The van der Waals surface area contributed by atoms with Crippen LogP contribution in [-0.2, 0) is 4.74 Å². The van der Waals surface area contributed by atoms with E-state index in [2.05, 4.69) is 42.5 Å². The van der Waals surface area contributed by atoms with E-state index in [0.717, 1.165) is 80.3 Å². The Bertz CT molecular complexity index is 1020. The molecule has 1 aliphatic carbocycles. The molecule has 1 N–H and O–H groups in total. The van der Waals surface area contributed by atoms with Crippen molar-refractivity contribution >= 4 is 34.1 Å². The number of anilines is 2. The highest BCUT2D eigenvalue weighted by Gasteiger charge is 2.24. The molecule has 0 spiro atoms. The van der Waals surface area contributed by atoms with Crippen LogP contribution in [0.25, 0.3) is 11.0 Å². The van der Waals surface area contributed by atoms with E-state index < -0.39 is 0 Å². The van der Waals surface area contributed by atoms with E-state index in [1.165, 1.54) is 0 Å². The number of aromatic nitrogens is 4. The number of ether oxygens (including phenoxy) is 2. The average molecular weight is 441 g/mol. The maximum Gasteiger partial charge on any atom is 0.151 e. The lowest BCUT2D eigenvalue weighted by atomic mass is 9.93. The monoisotopic (exact) mass is 440 g/mol. The van der Waals surface area contributed by atoms with Gasteiger partial charge in [-0.15, -0.1) is 10.2 Å². The molecule has 162 valence electrons. The number of nitrogens with one attached hydrogen (secondary N) is 1. The molecule has 2 aliphatic rings. The van der Waals surface area contributed by atoms with Crippen LogP contribution in [0.2, 0.25) is 5.15 Å². The Morgan fingerprint density at radius 2 is 1.81 bits per heavy atom. The lowest BCUT2D eigenvalue weighted by molar-refractivity contribution is 0.122. The van der Waals surface area contributed by atoms with Gasteiger partial charge in [-0.05, 0) is 43.9 Å².